The molecule has 5 heterocycles. The molecule has 0 aromatic rings. The Bertz CT molecular complexity index is 1670. The zero-order valence-corrected chi connectivity index (χ0v) is 24.6. The highest BCUT2D eigenvalue weighted by atomic mass is 16.5. The van der Waals surface area contributed by atoms with Crippen molar-refractivity contribution in [2.45, 2.75) is 53.4 Å². The minimum atomic E-state index is -0.264. The highest BCUT2D eigenvalue weighted by Gasteiger charge is 2.41. The van der Waals surface area contributed by atoms with Crippen molar-refractivity contribution in [1.82, 2.24) is 5.32 Å². The second-order valence-electron chi connectivity index (χ2n) is 11.4. The quantitative estimate of drug-likeness (QED) is 0.347. The van der Waals surface area contributed by atoms with E-state index < -0.39 is 0 Å². The number of aliphatic imine (C=N–C) groups is 3. The lowest BCUT2D eigenvalue weighted by molar-refractivity contribution is -0.140. The van der Waals surface area contributed by atoms with E-state index in [9.17, 15) is 20.1 Å². The number of methoxy groups -OCH3 is 1. The molecule has 0 radical (unpaired) electrons. The van der Waals surface area contributed by atoms with Crippen molar-refractivity contribution in [2.75, 3.05) is 20.3 Å². The maximum Gasteiger partial charge on any atom is 0.305 e. The van der Waals surface area contributed by atoms with Gasteiger partial charge in [-0.1, -0.05) is 13.8 Å². The van der Waals surface area contributed by atoms with Crippen molar-refractivity contribution in [2.24, 2.45) is 26.8 Å². The molecule has 5 aliphatic heterocycles. The molecule has 9 heteroatoms. The molecule has 0 unspecified atom stereocenters. The molecule has 4 N–H and O–H groups in total. The average Bonchev–Trinajstić information content (AvgIpc) is 3.73. The average molecular weight is 569 g/mol. The third-order valence-electron chi connectivity index (χ3n) is 9.22. The number of nitrogens with one attached hydrogen (secondary N) is 1. The minimum Gasteiger partial charge on any atom is -0.511 e. The summed E-state index contributed by atoms with van der Waals surface area (Å²) >= 11 is 0. The first kappa shape index (κ1) is 28.1. The van der Waals surface area contributed by atoms with Crippen LogP contribution >= 0.6 is 0 Å². The normalized spacial score (nSPS) is 24.7. The van der Waals surface area contributed by atoms with E-state index >= 15 is 0 Å². The Balaban J connectivity index is 1.60. The number of hydrogen-bond acceptors (Lipinski definition) is 9. The molecule has 0 aromatic carbocycles. The second-order valence-corrected chi connectivity index (χ2v) is 11.4. The van der Waals surface area contributed by atoms with Gasteiger partial charge in [0.05, 0.1) is 54.5 Å². The fourth-order valence-electron chi connectivity index (χ4n) is 6.78. The van der Waals surface area contributed by atoms with E-state index in [1.165, 1.54) is 7.11 Å². The Kier molecular flexibility index (Phi) is 7.11. The molecule has 0 spiro atoms. The molecular weight excluding hydrogens is 532 g/mol. The van der Waals surface area contributed by atoms with Gasteiger partial charge in [-0.15, -0.1) is 0 Å². The Labute approximate surface area is 245 Å². The molecule has 6 aliphatic rings. The molecule has 42 heavy (non-hydrogen) atoms. The van der Waals surface area contributed by atoms with Crippen LogP contribution in [0.1, 0.15) is 53.4 Å². The number of carbonyl (C=O) groups excluding carboxylic acids is 1. The van der Waals surface area contributed by atoms with Crippen molar-refractivity contribution in [3.05, 3.63) is 91.5 Å². The first-order chi connectivity index (χ1) is 20.2. The topological polar surface area (TPSA) is 136 Å². The predicted octanol–water partition coefficient (Wildman–Crippen LogP) is 4.58. The molecule has 218 valence electrons. The Hall–Kier alpha value is -4.08. The van der Waals surface area contributed by atoms with Crippen LogP contribution in [0.2, 0.25) is 0 Å². The van der Waals surface area contributed by atoms with Gasteiger partial charge in [0, 0.05) is 58.4 Å². The van der Waals surface area contributed by atoms with Gasteiger partial charge in [0.1, 0.15) is 5.76 Å². The number of aliphatic hydroxyl groups is 3. The molecule has 6 rings (SSSR count). The van der Waals surface area contributed by atoms with Crippen LogP contribution in [0.15, 0.2) is 106 Å². The number of nitrogens with zero attached hydrogens (tertiary/aromatic N) is 3. The number of allylic oxidation sites excluding steroid dienone is 10. The van der Waals surface area contributed by atoms with Gasteiger partial charge >= 0.3 is 5.97 Å². The van der Waals surface area contributed by atoms with Crippen molar-refractivity contribution in [3.63, 3.8) is 0 Å². The van der Waals surface area contributed by atoms with Crippen LogP contribution in [0.4, 0.5) is 0 Å². The molecule has 0 saturated carbocycles. The van der Waals surface area contributed by atoms with Crippen molar-refractivity contribution < 1.29 is 24.9 Å². The van der Waals surface area contributed by atoms with Crippen LogP contribution < -0.4 is 5.32 Å². The maximum absolute atomic E-state index is 12.2. The zero-order valence-electron chi connectivity index (χ0n) is 24.6. The summed E-state index contributed by atoms with van der Waals surface area (Å²) in [4.78, 5) is 27.0. The number of fused-ring (bicyclic) bond motifs is 5. The largest absolute Gasteiger partial charge is 0.511 e. The van der Waals surface area contributed by atoms with E-state index in [2.05, 4.69) is 12.2 Å². The lowest BCUT2D eigenvalue weighted by Crippen LogP contribution is -2.16. The summed E-state index contributed by atoms with van der Waals surface area (Å²) in [5.41, 5.74) is 11.8. The van der Waals surface area contributed by atoms with Crippen molar-refractivity contribution in [1.29, 1.82) is 0 Å². The summed E-state index contributed by atoms with van der Waals surface area (Å²) in [6.45, 7) is 7.70. The number of carbonyl (C=O) groups is 1. The van der Waals surface area contributed by atoms with Gasteiger partial charge in [-0.05, 0) is 61.6 Å². The lowest BCUT2D eigenvalue weighted by Gasteiger charge is -2.17. The number of ether oxygens (including phenoxy) is 1. The van der Waals surface area contributed by atoms with E-state index in [1.807, 2.05) is 39.0 Å². The van der Waals surface area contributed by atoms with Gasteiger partial charge in [-0.3, -0.25) is 4.79 Å². The van der Waals surface area contributed by atoms with Crippen LogP contribution in [0.25, 0.3) is 0 Å². The Morgan fingerprint density at radius 1 is 1.00 bits per heavy atom. The van der Waals surface area contributed by atoms with Gasteiger partial charge in [0.25, 0.3) is 0 Å². The number of rotatable bonds is 6. The smallest absolute Gasteiger partial charge is 0.305 e. The van der Waals surface area contributed by atoms with E-state index in [0.717, 1.165) is 56.3 Å². The fourth-order valence-corrected chi connectivity index (χ4v) is 6.78. The summed E-state index contributed by atoms with van der Waals surface area (Å²) in [6, 6.07) is 0. The first-order valence-electron chi connectivity index (χ1n) is 14.5. The molecule has 0 amide bonds. The van der Waals surface area contributed by atoms with Crippen LogP contribution in [0.3, 0.4) is 0 Å². The van der Waals surface area contributed by atoms with Gasteiger partial charge < -0.3 is 25.4 Å². The van der Waals surface area contributed by atoms with Gasteiger partial charge in [-0.2, -0.15) is 0 Å². The predicted molar refractivity (Wildman–Crippen MR) is 162 cm³/mol. The highest BCUT2D eigenvalue weighted by Crippen LogP contribution is 2.46. The SMILES string of the molecule is CCC1=C(CO)C2=NC1=CC1=C(C)C3=C(O)CC(=C4NC(=CC5=NC(=C2)C(CO)=C5C)[C@@H](C)[C@@H]4CCC(=O)OC)C3=N1. The standard InChI is InChI=1S/C33H36N4O5/c1-6-18-22(14-39)28-12-27-21(13-38)16(3)23(34-27)10-24-15(2)19(7-8-30(41)42-5)32(36-24)20-9-29(40)31-17(4)25(37-33(20)31)11-26(18)35-28/h10-12,15,19,36,38-40H,6-9,13-14H2,1-5H3/t15-,19-/m0/s1. The summed E-state index contributed by atoms with van der Waals surface area (Å²) < 4.78 is 4.95. The Morgan fingerprint density at radius 2 is 1.71 bits per heavy atom. The van der Waals surface area contributed by atoms with Crippen LogP contribution in [-0.4, -0.2) is 58.7 Å². The number of hydrogen-bond donors (Lipinski definition) is 4. The molecule has 8 bridgehead atoms. The summed E-state index contributed by atoms with van der Waals surface area (Å²) in [5.74, 6) is 0.00773. The van der Waals surface area contributed by atoms with Gasteiger partial charge in [-0.25, -0.2) is 15.0 Å². The summed E-state index contributed by atoms with van der Waals surface area (Å²) in [6.07, 6.45) is 7.64. The molecule has 1 saturated heterocycles. The molecule has 1 fully saturated rings. The molecule has 0 aromatic heterocycles. The van der Waals surface area contributed by atoms with E-state index in [0.29, 0.717) is 47.6 Å². The Morgan fingerprint density at radius 3 is 2.40 bits per heavy atom. The highest BCUT2D eigenvalue weighted by molar-refractivity contribution is 6.21. The third kappa shape index (κ3) is 4.30. The van der Waals surface area contributed by atoms with E-state index in [-0.39, 0.29) is 43.2 Å². The zero-order chi connectivity index (χ0) is 29.9. The molecule has 2 atom stereocenters. The lowest BCUT2D eigenvalue weighted by atomic mass is 9.86. The van der Waals surface area contributed by atoms with Gasteiger partial charge in [0.15, 0.2) is 0 Å². The third-order valence-corrected chi connectivity index (χ3v) is 9.22. The van der Waals surface area contributed by atoms with E-state index in [4.69, 9.17) is 19.7 Å². The minimum absolute atomic E-state index is 0.0224. The first-order valence-corrected chi connectivity index (χ1v) is 14.5. The monoisotopic (exact) mass is 568 g/mol. The molecule has 1 aliphatic carbocycles. The second kappa shape index (κ2) is 10.6. The molecule has 9 nitrogen and oxygen atoms in total. The van der Waals surface area contributed by atoms with Crippen molar-refractivity contribution in [3.8, 4) is 0 Å². The summed E-state index contributed by atoms with van der Waals surface area (Å²) in [5, 5.41) is 35.5. The van der Waals surface area contributed by atoms with Crippen molar-refractivity contribution >= 4 is 23.1 Å². The van der Waals surface area contributed by atoms with Crippen LogP contribution in [-0.2, 0) is 9.53 Å². The number of aliphatic hydroxyl groups excluding tert-OH is 3. The maximum atomic E-state index is 12.2. The van der Waals surface area contributed by atoms with E-state index in [1.54, 1.807) is 0 Å². The fraction of sp³-hybridized carbons (Fsp3) is 0.394. The number of esters is 1. The molecular formula is C33H36N4O5. The summed E-state index contributed by atoms with van der Waals surface area (Å²) in [7, 11) is 1.40. The van der Waals surface area contributed by atoms with Crippen LogP contribution in [0, 0.1) is 11.8 Å². The van der Waals surface area contributed by atoms with Crippen LogP contribution in [0.5, 0.6) is 0 Å². The van der Waals surface area contributed by atoms with Gasteiger partial charge in [0.2, 0.25) is 0 Å².